The zero-order valence-electron chi connectivity index (χ0n) is 10.9. The smallest absolute Gasteiger partial charge is 0.410 e. The number of nitrogens with two attached hydrogens (primary N) is 1. The van der Waals surface area contributed by atoms with Gasteiger partial charge in [-0.05, 0) is 33.6 Å². The third kappa shape index (κ3) is 2.72. The minimum atomic E-state index is -0.434. The van der Waals surface area contributed by atoms with Gasteiger partial charge in [0, 0.05) is 6.54 Å². The van der Waals surface area contributed by atoms with Gasteiger partial charge in [0.15, 0.2) is 0 Å². The summed E-state index contributed by atoms with van der Waals surface area (Å²) in [6.07, 6.45) is 1.91. The van der Waals surface area contributed by atoms with E-state index in [1.54, 1.807) is 4.90 Å². The van der Waals surface area contributed by atoms with Gasteiger partial charge < -0.3 is 20.1 Å². The molecule has 0 aromatic carbocycles. The normalized spacial score (nSPS) is 27.1. The summed E-state index contributed by atoms with van der Waals surface area (Å²) in [7, 11) is 0. The van der Waals surface area contributed by atoms with Crippen molar-refractivity contribution in [3.8, 4) is 0 Å². The summed E-state index contributed by atoms with van der Waals surface area (Å²) in [6.45, 7) is 7.45. The van der Waals surface area contributed by atoms with Gasteiger partial charge in [-0.2, -0.15) is 0 Å². The number of hydrogen-bond acceptors (Lipinski definition) is 4. The zero-order chi connectivity index (χ0) is 12.7. The fraction of sp³-hybridized carbons (Fsp3) is 0.917. The van der Waals surface area contributed by atoms with Crippen LogP contribution >= 0.6 is 0 Å². The Hall–Kier alpha value is -0.810. The van der Waals surface area contributed by atoms with E-state index in [1.165, 1.54) is 0 Å². The number of carbonyl (C=O) groups excluding carboxylic acids is 1. The van der Waals surface area contributed by atoms with E-state index in [1.807, 2.05) is 20.8 Å². The molecule has 0 radical (unpaired) electrons. The molecule has 0 bridgehead atoms. The molecule has 17 heavy (non-hydrogen) atoms. The van der Waals surface area contributed by atoms with Crippen LogP contribution in [0, 0.1) is 0 Å². The molecule has 1 amide bonds. The van der Waals surface area contributed by atoms with Gasteiger partial charge in [-0.25, -0.2) is 4.79 Å². The standard InChI is InChI=1S/C12H22N2O3/c1-11(2,3)17-10(15)14-7-12(8-14)5-4-9(6-13)16-12/h9H,4-8,13H2,1-3H3/t9-/m0/s1. The molecule has 1 atom stereocenters. The molecule has 1 spiro atoms. The molecular weight excluding hydrogens is 220 g/mol. The highest BCUT2D eigenvalue weighted by atomic mass is 16.6. The lowest BCUT2D eigenvalue weighted by Crippen LogP contribution is -2.64. The average Bonchev–Trinajstić information content (AvgIpc) is 2.56. The molecule has 98 valence electrons. The van der Waals surface area contributed by atoms with Crippen molar-refractivity contribution in [2.45, 2.75) is 50.9 Å². The first-order chi connectivity index (χ1) is 7.84. The molecule has 2 heterocycles. The summed E-state index contributed by atoms with van der Waals surface area (Å²) in [5, 5.41) is 0. The van der Waals surface area contributed by atoms with Crippen molar-refractivity contribution in [2.24, 2.45) is 5.73 Å². The lowest BCUT2D eigenvalue weighted by Gasteiger charge is -2.47. The minimum Gasteiger partial charge on any atom is -0.444 e. The molecule has 2 aliphatic heterocycles. The SMILES string of the molecule is CC(C)(C)OC(=O)N1CC2(CC[C@@H](CN)O2)C1. The topological polar surface area (TPSA) is 64.8 Å². The van der Waals surface area contributed by atoms with Gasteiger partial charge >= 0.3 is 6.09 Å². The van der Waals surface area contributed by atoms with Crippen LogP contribution in [0.1, 0.15) is 33.6 Å². The first-order valence-electron chi connectivity index (χ1n) is 6.19. The van der Waals surface area contributed by atoms with Crippen molar-refractivity contribution in [1.82, 2.24) is 4.90 Å². The highest BCUT2D eigenvalue weighted by Gasteiger charge is 2.51. The maximum Gasteiger partial charge on any atom is 0.410 e. The number of carbonyl (C=O) groups is 1. The molecule has 0 aromatic rings. The summed E-state index contributed by atoms with van der Waals surface area (Å²) in [5.41, 5.74) is 5.01. The van der Waals surface area contributed by atoms with Crippen molar-refractivity contribution < 1.29 is 14.3 Å². The van der Waals surface area contributed by atoms with E-state index in [0.29, 0.717) is 19.6 Å². The molecule has 5 nitrogen and oxygen atoms in total. The van der Waals surface area contributed by atoms with E-state index in [9.17, 15) is 4.79 Å². The molecule has 2 fully saturated rings. The van der Waals surface area contributed by atoms with Gasteiger partial charge in [0.25, 0.3) is 0 Å². The van der Waals surface area contributed by atoms with E-state index in [4.69, 9.17) is 15.2 Å². The second kappa shape index (κ2) is 4.14. The zero-order valence-corrected chi connectivity index (χ0v) is 10.9. The fourth-order valence-corrected chi connectivity index (χ4v) is 2.40. The maximum absolute atomic E-state index is 11.8. The molecular formula is C12H22N2O3. The van der Waals surface area contributed by atoms with Crippen LogP contribution in [-0.2, 0) is 9.47 Å². The van der Waals surface area contributed by atoms with Crippen LogP contribution in [0.3, 0.4) is 0 Å². The largest absolute Gasteiger partial charge is 0.444 e. The monoisotopic (exact) mass is 242 g/mol. The van der Waals surface area contributed by atoms with Gasteiger partial charge in [0.1, 0.15) is 11.2 Å². The Morgan fingerprint density at radius 2 is 2.18 bits per heavy atom. The van der Waals surface area contributed by atoms with E-state index in [-0.39, 0.29) is 17.8 Å². The molecule has 0 unspecified atom stereocenters. The molecule has 2 saturated heterocycles. The van der Waals surface area contributed by atoms with Crippen LogP contribution < -0.4 is 5.73 Å². The third-order valence-electron chi connectivity index (χ3n) is 3.21. The van der Waals surface area contributed by atoms with Crippen molar-refractivity contribution >= 4 is 6.09 Å². The van der Waals surface area contributed by atoms with Crippen LogP contribution in [0.4, 0.5) is 4.79 Å². The van der Waals surface area contributed by atoms with Gasteiger partial charge in [-0.3, -0.25) is 0 Å². The van der Waals surface area contributed by atoms with Crippen LogP contribution in [-0.4, -0.2) is 47.9 Å². The van der Waals surface area contributed by atoms with Gasteiger partial charge in [0.05, 0.1) is 19.2 Å². The Labute approximate surface area is 102 Å². The molecule has 2 N–H and O–H groups in total. The Morgan fingerprint density at radius 1 is 1.53 bits per heavy atom. The lowest BCUT2D eigenvalue weighted by atomic mass is 9.91. The summed E-state index contributed by atoms with van der Waals surface area (Å²) < 4.78 is 11.2. The molecule has 0 saturated carbocycles. The average molecular weight is 242 g/mol. The number of hydrogen-bond donors (Lipinski definition) is 1. The van der Waals surface area contributed by atoms with Crippen LogP contribution in [0.25, 0.3) is 0 Å². The van der Waals surface area contributed by atoms with E-state index < -0.39 is 5.60 Å². The van der Waals surface area contributed by atoms with Crippen molar-refractivity contribution in [3.63, 3.8) is 0 Å². The summed E-state index contributed by atoms with van der Waals surface area (Å²) in [4.78, 5) is 13.5. The number of ether oxygens (including phenoxy) is 2. The number of nitrogens with zero attached hydrogens (tertiary/aromatic N) is 1. The molecule has 2 aliphatic rings. The van der Waals surface area contributed by atoms with Gasteiger partial charge in [0.2, 0.25) is 0 Å². The predicted octanol–water partition coefficient (Wildman–Crippen LogP) is 1.11. The van der Waals surface area contributed by atoms with Crippen LogP contribution in [0.15, 0.2) is 0 Å². The third-order valence-corrected chi connectivity index (χ3v) is 3.21. The molecule has 0 aliphatic carbocycles. The second-order valence-corrected chi connectivity index (χ2v) is 6.03. The van der Waals surface area contributed by atoms with Crippen LogP contribution in [0.5, 0.6) is 0 Å². The van der Waals surface area contributed by atoms with E-state index >= 15 is 0 Å². The predicted molar refractivity (Wildman–Crippen MR) is 63.7 cm³/mol. The Morgan fingerprint density at radius 3 is 2.65 bits per heavy atom. The first kappa shape index (κ1) is 12.6. The van der Waals surface area contributed by atoms with Crippen LogP contribution in [0.2, 0.25) is 0 Å². The Bertz CT molecular complexity index is 305. The van der Waals surface area contributed by atoms with Gasteiger partial charge in [-0.15, -0.1) is 0 Å². The first-order valence-corrected chi connectivity index (χ1v) is 6.19. The Balaban J connectivity index is 1.81. The van der Waals surface area contributed by atoms with Gasteiger partial charge in [-0.1, -0.05) is 0 Å². The summed E-state index contributed by atoms with van der Waals surface area (Å²) in [6, 6.07) is 0. The number of likely N-dealkylation sites (tertiary alicyclic amines) is 1. The molecule has 0 aromatic heterocycles. The maximum atomic E-state index is 11.8. The lowest BCUT2D eigenvalue weighted by molar-refractivity contribution is -0.129. The highest BCUT2D eigenvalue weighted by molar-refractivity contribution is 5.69. The van der Waals surface area contributed by atoms with E-state index in [0.717, 1.165) is 12.8 Å². The fourth-order valence-electron chi connectivity index (χ4n) is 2.40. The van der Waals surface area contributed by atoms with E-state index in [2.05, 4.69) is 0 Å². The summed E-state index contributed by atoms with van der Waals surface area (Å²) in [5.74, 6) is 0. The quantitative estimate of drug-likeness (QED) is 0.748. The minimum absolute atomic E-state index is 0.138. The Kier molecular flexibility index (Phi) is 3.08. The number of rotatable bonds is 1. The number of amides is 1. The van der Waals surface area contributed by atoms with Crippen molar-refractivity contribution in [1.29, 1.82) is 0 Å². The highest BCUT2D eigenvalue weighted by Crippen LogP contribution is 2.38. The van der Waals surface area contributed by atoms with Crippen molar-refractivity contribution in [3.05, 3.63) is 0 Å². The van der Waals surface area contributed by atoms with Crippen molar-refractivity contribution in [2.75, 3.05) is 19.6 Å². The molecule has 5 heteroatoms. The molecule has 2 rings (SSSR count). The second-order valence-electron chi connectivity index (χ2n) is 6.03. The summed E-state index contributed by atoms with van der Waals surface area (Å²) >= 11 is 0.